The van der Waals surface area contributed by atoms with Crippen molar-refractivity contribution >= 4 is 50.1 Å². The molecule has 4 aromatic rings. The van der Waals surface area contributed by atoms with Crippen molar-refractivity contribution in [3.05, 3.63) is 53.9 Å². The molecule has 1 aliphatic heterocycles. The molecule has 1 saturated heterocycles. The third kappa shape index (κ3) is 5.02. The van der Waals surface area contributed by atoms with Crippen LogP contribution < -0.4 is 10.1 Å². The third-order valence-corrected chi connectivity index (χ3v) is 6.43. The van der Waals surface area contributed by atoms with E-state index in [0.717, 1.165) is 15.6 Å². The predicted octanol–water partition coefficient (Wildman–Crippen LogP) is 4.88. The van der Waals surface area contributed by atoms with Crippen molar-refractivity contribution in [2.45, 2.75) is 38.9 Å². The van der Waals surface area contributed by atoms with E-state index < -0.39 is 5.60 Å². The van der Waals surface area contributed by atoms with Crippen LogP contribution in [0.25, 0.3) is 21.1 Å². The highest BCUT2D eigenvalue weighted by Crippen LogP contribution is 2.33. The number of thiophene rings is 1. The topological polar surface area (TPSA) is 107 Å². The molecular weight excluding hydrogens is 466 g/mol. The Labute approximate surface area is 206 Å². The molecule has 180 valence electrons. The molecule has 9 nitrogen and oxygen atoms in total. The Bertz CT molecular complexity index is 1410. The second-order valence-corrected chi connectivity index (χ2v) is 10.2. The van der Waals surface area contributed by atoms with E-state index in [1.54, 1.807) is 22.7 Å². The number of amides is 2. The van der Waals surface area contributed by atoms with Gasteiger partial charge in [-0.2, -0.15) is 0 Å². The fourth-order valence-electron chi connectivity index (χ4n) is 3.93. The van der Waals surface area contributed by atoms with E-state index in [9.17, 15) is 9.59 Å². The summed E-state index contributed by atoms with van der Waals surface area (Å²) in [6.45, 7) is 6.46. The minimum Gasteiger partial charge on any atom is -0.486 e. The minimum absolute atomic E-state index is 0.242. The maximum Gasteiger partial charge on any atom is 0.410 e. The zero-order valence-corrected chi connectivity index (χ0v) is 20.5. The lowest BCUT2D eigenvalue weighted by molar-refractivity contribution is 0.0276. The number of likely N-dealkylation sites (tertiary alicyclic amines) is 1. The van der Waals surface area contributed by atoms with Gasteiger partial charge in [-0.1, -0.05) is 6.07 Å². The third-order valence-electron chi connectivity index (χ3n) is 5.53. The molecule has 1 fully saturated rings. The Hall–Kier alpha value is -3.79. The van der Waals surface area contributed by atoms with Crippen molar-refractivity contribution in [3.8, 4) is 5.75 Å². The van der Waals surface area contributed by atoms with Gasteiger partial charge < -0.3 is 19.7 Å². The molecule has 0 radical (unpaired) electrons. The Morgan fingerprint density at radius 2 is 2.09 bits per heavy atom. The number of nitrogens with one attached hydrogen (secondary N) is 1. The number of hydrogen-bond donors (Lipinski definition) is 1. The predicted molar refractivity (Wildman–Crippen MR) is 134 cm³/mol. The Morgan fingerprint density at radius 3 is 2.91 bits per heavy atom. The molecule has 1 aromatic carbocycles. The van der Waals surface area contributed by atoms with Gasteiger partial charge in [0.2, 0.25) is 0 Å². The van der Waals surface area contributed by atoms with Gasteiger partial charge in [-0.25, -0.2) is 14.8 Å². The Kier molecular flexibility index (Phi) is 5.98. The van der Waals surface area contributed by atoms with E-state index in [1.165, 1.54) is 17.7 Å². The molecule has 10 heteroatoms. The van der Waals surface area contributed by atoms with Crippen LogP contribution in [0.1, 0.15) is 37.6 Å². The SMILES string of the molecule is CC(C)(C)OC(=O)N1CCC(Oc2cc3ncccc3cc2NC(=O)c2csc3cncnc23)C1. The lowest BCUT2D eigenvalue weighted by atomic mass is 10.1. The summed E-state index contributed by atoms with van der Waals surface area (Å²) < 4.78 is 12.6. The minimum atomic E-state index is -0.561. The van der Waals surface area contributed by atoms with E-state index in [-0.39, 0.29) is 18.1 Å². The van der Waals surface area contributed by atoms with E-state index in [4.69, 9.17) is 9.47 Å². The van der Waals surface area contributed by atoms with Crippen molar-refractivity contribution in [1.29, 1.82) is 0 Å². The summed E-state index contributed by atoms with van der Waals surface area (Å²) in [6.07, 6.45) is 4.88. The molecule has 5 rings (SSSR count). The Balaban J connectivity index is 1.39. The number of benzene rings is 1. The lowest BCUT2D eigenvalue weighted by Crippen LogP contribution is -2.36. The molecule has 0 aliphatic carbocycles. The normalized spacial score (nSPS) is 16.0. The quantitative estimate of drug-likeness (QED) is 0.434. The number of carbonyl (C=O) groups excluding carboxylic acids is 2. The van der Waals surface area contributed by atoms with Gasteiger partial charge in [0.05, 0.1) is 33.5 Å². The first-order valence-electron chi connectivity index (χ1n) is 11.3. The second kappa shape index (κ2) is 9.10. The standard InChI is InChI=1S/C25H25N5O4S/c1-25(2,3)34-24(32)30-8-6-16(12-30)33-20-10-18-15(5-4-7-27-18)9-19(20)29-23(31)17-13-35-21-11-26-14-28-22(17)21/h4-5,7,9-11,13-14,16H,6,8,12H2,1-3H3,(H,29,31). The number of aromatic nitrogens is 3. The first-order chi connectivity index (χ1) is 16.8. The molecular formula is C25H25N5O4S. The summed E-state index contributed by atoms with van der Waals surface area (Å²) in [5.74, 6) is 0.208. The molecule has 0 saturated carbocycles. The molecule has 1 N–H and O–H groups in total. The first kappa shape index (κ1) is 23.0. The highest BCUT2D eigenvalue weighted by atomic mass is 32.1. The molecule has 0 spiro atoms. The van der Waals surface area contributed by atoms with Crippen molar-refractivity contribution in [1.82, 2.24) is 19.9 Å². The van der Waals surface area contributed by atoms with Crippen LogP contribution >= 0.6 is 11.3 Å². The van der Waals surface area contributed by atoms with Gasteiger partial charge in [0.1, 0.15) is 23.8 Å². The zero-order valence-electron chi connectivity index (χ0n) is 19.6. The van der Waals surface area contributed by atoms with Crippen LogP contribution in [0.15, 0.2) is 48.4 Å². The number of fused-ring (bicyclic) bond motifs is 2. The highest BCUT2D eigenvalue weighted by molar-refractivity contribution is 7.17. The van der Waals surface area contributed by atoms with E-state index in [2.05, 4.69) is 20.3 Å². The maximum absolute atomic E-state index is 13.2. The molecule has 2 amide bonds. The van der Waals surface area contributed by atoms with Gasteiger partial charge in [-0.15, -0.1) is 11.3 Å². The maximum atomic E-state index is 13.2. The molecule has 1 aliphatic rings. The van der Waals surface area contributed by atoms with E-state index >= 15 is 0 Å². The summed E-state index contributed by atoms with van der Waals surface area (Å²) in [7, 11) is 0. The number of nitrogens with zero attached hydrogens (tertiary/aromatic N) is 4. The largest absolute Gasteiger partial charge is 0.486 e. The second-order valence-electron chi connectivity index (χ2n) is 9.34. The van der Waals surface area contributed by atoms with Crippen molar-refractivity contribution in [2.24, 2.45) is 0 Å². The van der Waals surface area contributed by atoms with Crippen molar-refractivity contribution < 1.29 is 19.1 Å². The smallest absolute Gasteiger partial charge is 0.410 e. The molecule has 0 bridgehead atoms. The number of rotatable bonds is 4. The van der Waals surface area contributed by atoms with E-state index in [0.29, 0.717) is 42.0 Å². The van der Waals surface area contributed by atoms with Crippen LogP contribution in [-0.2, 0) is 4.74 Å². The molecule has 4 heterocycles. The van der Waals surface area contributed by atoms with Crippen LogP contribution in [0, 0.1) is 0 Å². The van der Waals surface area contributed by atoms with Crippen molar-refractivity contribution in [3.63, 3.8) is 0 Å². The van der Waals surface area contributed by atoms with Gasteiger partial charge in [-0.05, 0) is 32.9 Å². The average Bonchev–Trinajstić information content (AvgIpc) is 3.45. The molecule has 3 aromatic heterocycles. The summed E-state index contributed by atoms with van der Waals surface area (Å²) >= 11 is 1.42. The highest BCUT2D eigenvalue weighted by Gasteiger charge is 2.31. The number of ether oxygens (including phenoxy) is 2. The number of pyridine rings is 1. The molecule has 35 heavy (non-hydrogen) atoms. The molecule has 1 unspecified atom stereocenters. The van der Waals surface area contributed by atoms with Gasteiger partial charge in [0.25, 0.3) is 5.91 Å². The fraction of sp³-hybridized carbons (Fsp3) is 0.320. The summed E-state index contributed by atoms with van der Waals surface area (Å²) in [6, 6.07) is 7.43. The van der Waals surface area contributed by atoms with Crippen LogP contribution in [0.5, 0.6) is 5.75 Å². The fourth-order valence-corrected chi connectivity index (χ4v) is 4.79. The van der Waals surface area contributed by atoms with Gasteiger partial charge in [0.15, 0.2) is 0 Å². The summed E-state index contributed by atoms with van der Waals surface area (Å²) in [5, 5.41) is 5.63. The van der Waals surface area contributed by atoms with Crippen LogP contribution in [0.4, 0.5) is 10.5 Å². The van der Waals surface area contributed by atoms with Crippen molar-refractivity contribution in [2.75, 3.05) is 18.4 Å². The summed E-state index contributed by atoms with van der Waals surface area (Å²) in [4.78, 5) is 40.0. The number of carbonyl (C=O) groups is 2. The van der Waals surface area contributed by atoms with E-state index in [1.807, 2.05) is 45.0 Å². The summed E-state index contributed by atoms with van der Waals surface area (Å²) in [5.41, 5.74) is 1.79. The Morgan fingerprint density at radius 1 is 1.23 bits per heavy atom. The monoisotopic (exact) mass is 491 g/mol. The molecule has 1 atom stereocenters. The zero-order chi connectivity index (χ0) is 24.6. The van der Waals surface area contributed by atoms with Gasteiger partial charge >= 0.3 is 6.09 Å². The van der Waals surface area contributed by atoms with Gasteiger partial charge in [0, 0.05) is 42.2 Å². The van der Waals surface area contributed by atoms with Gasteiger partial charge in [-0.3, -0.25) is 9.78 Å². The van der Waals surface area contributed by atoms with Crippen LogP contribution in [0.2, 0.25) is 0 Å². The number of hydrogen-bond acceptors (Lipinski definition) is 8. The first-order valence-corrected chi connectivity index (χ1v) is 12.2. The van der Waals surface area contributed by atoms with Crippen LogP contribution in [-0.4, -0.2) is 56.6 Å². The lowest BCUT2D eigenvalue weighted by Gasteiger charge is -2.24. The van der Waals surface area contributed by atoms with Crippen LogP contribution in [0.3, 0.4) is 0 Å². The number of anilines is 1. The average molecular weight is 492 g/mol.